The summed E-state index contributed by atoms with van der Waals surface area (Å²) in [5.74, 6) is -0.566. The second-order valence-corrected chi connectivity index (χ2v) is 10.7. The fraction of sp³-hybridized carbons (Fsp3) is 0.290. The smallest absolute Gasteiger partial charge is 0.341 e. The molecule has 2 heterocycles. The molecule has 39 heavy (non-hydrogen) atoms. The summed E-state index contributed by atoms with van der Waals surface area (Å²) in [6, 6.07) is 21.0. The summed E-state index contributed by atoms with van der Waals surface area (Å²) in [4.78, 5) is 27.9. The Morgan fingerprint density at radius 3 is 2.64 bits per heavy atom. The number of carbonyl (C=O) groups excluding carboxylic acids is 2. The van der Waals surface area contributed by atoms with Crippen LogP contribution in [-0.4, -0.2) is 47.1 Å². The van der Waals surface area contributed by atoms with Crippen LogP contribution in [0.5, 0.6) is 0 Å². The molecule has 1 fully saturated rings. The fourth-order valence-electron chi connectivity index (χ4n) is 5.49. The van der Waals surface area contributed by atoms with Gasteiger partial charge in [0.05, 0.1) is 24.4 Å². The molecule has 7 nitrogen and oxygen atoms in total. The van der Waals surface area contributed by atoms with Crippen molar-refractivity contribution >= 4 is 29.1 Å². The largest absolute Gasteiger partial charge is 0.448 e. The molecule has 0 saturated carbocycles. The third-order valence-electron chi connectivity index (χ3n) is 7.49. The van der Waals surface area contributed by atoms with Crippen LogP contribution in [0.3, 0.4) is 0 Å². The Hall–Kier alpha value is -3.65. The van der Waals surface area contributed by atoms with Crippen LogP contribution >= 0.6 is 11.6 Å². The first-order valence-corrected chi connectivity index (χ1v) is 13.4. The summed E-state index contributed by atoms with van der Waals surface area (Å²) < 4.78 is 5.97. The Balaban J connectivity index is 1.36. The molecule has 2 aliphatic rings. The van der Waals surface area contributed by atoms with Crippen LogP contribution < -0.4 is 11.1 Å². The predicted molar refractivity (Wildman–Crippen MR) is 151 cm³/mol. The Labute approximate surface area is 233 Å². The summed E-state index contributed by atoms with van der Waals surface area (Å²) in [7, 11) is 0. The van der Waals surface area contributed by atoms with E-state index in [0.29, 0.717) is 47.9 Å². The second kappa shape index (κ2) is 11.2. The van der Waals surface area contributed by atoms with E-state index in [0.717, 1.165) is 34.2 Å². The Morgan fingerprint density at radius 2 is 1.87 bits per heavy atom. The number of benzene rings is 3. The van der Waals surface area contributed by atoms with Crippen molar-refractivity contribution in [1.29, 1.82) is 0 Å². The summed E-state index contributed by atoms with van der Waals surface area (Å²) in [6.45, 7) is 3.57. The molecule has 1 unspecified atom stereocenters. The number of aliphatic hydroxyl groups excluding tert-OH is 1. The third-order valence-corrected chi connectivity index (χ3v) is 7.80. The van der Waals surface area contributed by atoms with Crippen LogP contribution in [0.25, 0.3) is 16.7 Å². The zero-order valence-corrected chi connectivity index (χ0v) is 22.6. The van der Waals surface area contributed by atoms with Crippen LogP contribution in [0.1, 0.15) is 35.1 Å². The van der Waals surface area contributed by atoms with Crippen LogP contribution in [0.4, 0.5) is 0 Å². The van der Waals surface area contributed by atoms with Crippen molar-refractivity contribution in [3.8, 4) is 11.1 Å². The van der Waals surface area contributed by atoms with Crippen molar-refractivity contribution in [2.24, 2.45) is 5.73 Å². The summed E-state index contributed by atoms with van der Waals surface area (Å²) >= 11 is 6.71. The maximum absolute atomic E-state index is 13.2. The van der Waals surface area contributed by atoms with E-state index in [-0.39, 0.29) is 19.1 Å². The minimum absolute atomic E-state index is 0.0639. The number of esters is 1. The van der Waals surface area contributed by atoms with Gasteiger partial charge >= 0.3 is 5.97 Å². The molecule has 1 saturated heterocycles. The van der Waals surface area contributed by atoms with E-state index >= 15 is 0 Å². The first-order chi connectivity index (χ1) is 18.8. The number of nitrogens with one attached hydrogen (secondary N) is 1. The summed E-state index contributed by atoms with van der Waals surface area (Å²) in [5.41, 5.74) is 11.4. The molecule has 5 rings (SSSR count). The van der Waals surface area contributed by atoms with E-state index in [1.165, 1.54) is 0 Å². The van der Waals surface area contributed by atoms with Gasteiger partial charge in [-0.1, -0.05) is 60.1 Å². The molecule has 1 spiro atoms. The number of hydrogen-bond acceptors (Lipinski definition) is 6. The van der Waals surface area contributed by atoms with Gasteiger partial charge < -0.3 is 20.9 Å². The molecular weight excluding hydrogens is 514 g/mol. The first-order valence-electron chi connectivity index (χ1n) is 13.1. The highest BCUT2D eigenvalue weighted by atomic mass is 35.5. The van der Waals surface area contributed by atoms with Gasteiger partial charge in [0.25, 0.3) is 0 Å². The lowest BCUT2D eigenvalue weighted by Crippen LogP contribution is -2.53. The molecule has 1 amide bonds. The molecule has 0 radical (unpaired) electrons. The van der Waals surface area contributed by atoms with Gasteiger partial charge in [-0.3, -0.25) is 9.69 Å². The van der Waals surface area contributed by atoms with Crippen molar-refractivity contribution in [2.75, 3.05) is 19.6 Å². The number of nitrogens with two attached hydrogens (primary N) is 1. The standard InChI is InChI=1S/C31H32ClN3O4/c1-20-13-25(23-10-5-9-22(14-23)18-36)26(32)15-24(20)28-29(33)31(39-30(28)38)11-6-12-35(19-31)17-27(37)34-16-21-7-3-2-4-8-21/h2-5,7-10,13-15,36H,6,11-12,16-19,33H2,1H3,(H,34,37). The lowest BCUT2D eigenvalue weighted by atomic mass is 9.86. The molecule has 0 bridgehead atoms. The number of ether oxygens (including phenoxy) is 1. The average molecular weight is 546 g/mol. The molecule has 3 aromatic rings. The molecule has 8 heteroatoms. The molecule has 2 aliphatic heterocycles. The van der Waals surface area contributed by atoms with E-state index in [4.69, 9.17) is 22.1 Å². The van der Waals surface area contributed by atoms with Crippen molar-refractivity contribution in [3.63, 3.8) is 0 Å². The highest BCUT2D eigenvalue weighted by Crippen LogP contribution is 2.43. The van der Waals surface area contributed by atoms with Gasteiger partial charge in [-0.05, 0) is 72.3 Å². The summed E-state index contributed by atoms with van der Waals surface area (Å²) in [5, 5.41) is 12.9. The van der Waals surface area contributed by atoms with Crippen molar-refractivity contribution in [3.05, 3.63) is 99.7 Å². The minimum Gasteiger partial charge on any atom is -0.448 e. The van der Waals surface area contributed by atoms with Crippen molar-refractivity contribution in [2.45, 2.75) is 38.5 Å². The Bertz CT molecular complexity index is 1440. The van der Waals surface area contributed by atoms with Crippen LogP contribution in [-0.2, 0) is 27.5 Å². The lowest BCUT2D eigenvalue weighted by molar-refractivity contribution is -0.149. The average Bonchev–Trinajstić information content (AvgIpc) is 3.17. The highest BCUT2D eigenvalue weighted by molar-refractivity contribution is 6.34. The number of rotatable bonds is 7. The van der Waals surface area contributed by atoms with E-state index in [1.54, 1.807) is 6.07 Å². The molecule has 0 aromatic heterocycles. The fourth-order valence-corrected chi connectivity index (χ4v) is 5.76. The minimum atomic E-state index is -0.975. The SMILES string of the molecule is Cc1cc(-c2cccc(CO)c2)c(Cl)cc1C1=C(N)C2(CCCN(CC(=O)NCc3ccccc3)C2)OC1=O. The predicted octanol–water partition coefficient (Wildman–Crippen LogP) is 4.19. The monoisotopic (exact) mass is 545 g/mol. The van der Waals surface area contributed by atoms with Gasteiger partial charge in [0, 0.05) is 23.7 Å². The van der Waals surface area contributed by atoms with Gasteiger partial charge in [-0.25, -0.2) is 4.79 Å². The molecule has 3 aromatic carbocycles. The highest BCUT2D eigenvalue weighted by Gasteiger charge is 2.49. The van der Waals surface area contributed by atoms with Crippen LogP contribution in [0, 0.1) is 6.92 Å². The molecular formula is C31H32ClN3O4. The Kier molecular flexibility index (Phi) is 7.75. The molecule has 1 atom stereocenters. The van der Waals surface area contributed by atoms with Crippen molar-refractivity contribution in [1.82, 2.24) is 10.2 Å². The van der Waals surface area contributed by atoms with Gasteiger partial charge in [-0.2, -0.15) is 0 Å². The maximum atomic E-state index is 13.2. The molecule has 4 N–H and O–H groups in total. The van der Waals surface area contributed by atoms with Gasteiger partial charge in [-0.15, -0.1) is 0 Å². The number of carbonyl (C=O) groups is 2. The van der Waals surface area contributed by atoms with E-state index in [1.807, 2.05) is 72.5 Å². The zero-order valence-electron chi connectivity index (χ0n) is 21.9. The number of amides is 1. The normalized spacial score (nSPS) is 19.4. The molecule has 0 aliphatic carbocycles. The number of aliphatic hydroxyl groups is 1. The van der Waals surface area contributed by atoms with E-state index < -0.39 is 11.6 Å². The quantitative estimate of drug-likeness (QED) is 0.385. The van der Waals surface area contributed by atoms with Gasteiger partial charge in [0.1, 0.15) is 0 Å². The number of aryl methyl sites for hydroxylation is 1. The number of halogens is 1. The Morgan fingerprint density at radius 1 is 1.10 bits per heavy atom. The van der Waals surface area contributed by atoms with E-state index in [2.05, 4.69) is 5.32 Å². The first kappa shape index (κ1) is 26.9. The van der Waals surface area contributed by atoms with Crippen molar-refractivity contribution < 1.29 is 19.4 Å². The topological polar surface area (TPSA) is 105 Å². The van der Waals surface area contributed by atoms with Gasteiger partial charge in [0.15, 0.2) is 5.60 Å². The maximum Gasteiger partial charge on any atom is 0.341 e. The number of hydrogen-bond donors (Lipinski definition) is 3. The second-order valence-electron chi connectivity index (χ2n) is 10.3. The van der Waals surface area contributed by atoms with E-state index in [9.17, 15) is 14.7 Å². The van der Waals surface area contributed by atoms with Crippen LogP contribution in [0.15, 0.2) is 72.4 Å². The summed E-state index contributed by atoms with van der Waals surface area (Å²) in [6.07, 6.45) is 1.34. The van der Waals surface area contributed by atoms with Gasteiger partial charge in [0.2, 0.25) is 5.91 Å². The number of piperidine rings is 1. The van der Waals surface area contributed by atoms with Crippen LogP contribution in [0.2, 0.25) is 5.02 Å². The lowest BCUT2D eigenvalue weighted by Gasteiger charge is -2.39. The number of nitrogens with zero attached hydrogens (tertiary/aromatic N) is 1. The third kappa shape index (κ3) is 5.57. The zero-order chi connectivity index (χ0) is 27.6. The molecule has 202 valence electrons. The number of likely N-dealkylation sites (tertiary alicyclic amines) is 1.